The van der Waals surface area contributed by atoms with Crippen molar-refractivity contribution in [2.24, 2.45) is 0 Å². The Balaban J connectivity index is 2.72. The minimum atomic E-state index is -0.418. The predicted molar refractivity (Wildman–Crippen MR) is 56.3 cm³/mol. The molecule has 0 radical (unpaired) electrons. The fraction of sp³-hybridized carbons (Fsp3) is 0.250. The Morgan fingerprint density at radius 2 is 2.36 bits per heavy atom. The van der Waals surface area contributed by atoms with E-state index in [1.807, 2.05) is 18.2 Å². The summed E-state index contributed by atoms with van der Waals surface area (Å²) in [5.41, 5.74) is 1.18. The Kier molecular flexibility index (Phi) is 3.92. The van der Waals surface area contributed by atoms with E-state index in [2.05, 4.69) is 13.5 Å². The summed E-state index contributed by atoms with van der Waals surface area (Å²) in [4.78, 5) is 10.9. The number of aryl methyl sites for hydroxylation is 1. The van der Waals surface area contributed by atoms with Crippen LogP contribution < -0.4 is 4.74 Å². The van der Waals surface area contributed by atoms with Crippen LogP contribution in [0.15, 0.2) is 36.9 Å². The molecule has 2 heteroatoms. The van der Waals surface area contributed by atoms with Crippen LogP contribution in [0.3, 0.4) is 0 Å². The van der Waals surface area contributed by atoms with Gasteiger partial charge in [-0.1, -0.05) is 32.1 Å². The second-order valence-corrected chi connectivity index (χ2v) is 3.02. The van der Waals surface area contributed by atoms with Crippen molar-refractivity contribution in [3.05, 3.63) is 42.5 Å². The smallest absolute Gasteiger partial charge is 0.335 e. The fourth-order valence-electron chi connectivity index (χ4n) is 1.21. The number of ether oxygens (including phenoxy) is 1. The molecule has 0 aromatic heterocycles. The molecule has 0 bridgehead atoms. The lowest BCUT2D eigenvalue weighted by molar-refractivity contribution is -0.128. The molecule has 0 spiro atoms. The van der Waals surface area contributed by atoms with Crippen molar-refractivity contribution < 1.29 is 9.53 Å². The van der Waals surface area contributed by atoms with Crippen molar-refractivity contribution in [2.45, 2.75) is 19.8 Å². The first-order chi connectivity index (χ1) is 6.76. The van der Waals surface area contributed by atoms with E-state index >= 15 is 0 Å². The number of carbonyl (C=O) groups is 1. The van der Waals surface area contributed by atoms with E-state index in [9.17, 15) is 4.79 Å². The third-order valence-corrected chi connectivity index (χ3v) is 1.82. The quantitative estimate of drug-likeness (QED) is 0.414. The molecule has 74 valence electrons. The van der Waals surface area contributed by atoms with Gasteiger partial charge in [0.05, 0.1) is 0 Å². The fourth-order valence-corrected chi connectivity index (χ4v) is 1.21. The van der Waals surface area contributed by atoms with E-state index in [-0.39, 0.29) is 0 Å². The maximum absolute atomic E-state index is 10.9. The van der Waals surface area contributed by atoms with E-state index < -0.39 is 5.97 Å². The summed E-state index contributed by atoms with van der Waals surface area (Å²) in [6, 6.07) is 7.55. The molecule has 1 aromatic carbocycles. The Bertz CT molecular complexity index is 329. The molecule has 1 rings (SSSR count). The molecule has 0 unspecified atom stereocenters. The summed E-state index contributed by atoms with van der Waals surface area (Å²) in [7, 11) is 0. The zero-order valence-electron chi connectivity index (χ0n) is 8.32. The van der Waals surface area contributed by atoms with Crippen LogP contribution in [0.1, 0.15) is 18.9 Å². The molecule has 0 N–H and O–H groups in total. The van der Waals surface area contributed by atoms with Gasteiger partial charge in [0.1, 0.15) is 5.75 Å². The Morgan fingerprint density at radius 3 is 3.00 bits per heavy atom. The minimum absolute atomic E-state index is 0.418. The molecule has 0 saturated carbocycles. The van der Waals surface area contributed by atoms with Crippen molar-refractivity contribution in [1.82, 2.24) is 0 Å². The number of carbonyl (C=O) groups excluding carboxylic acids is 1. The maximum atomic E-state index is 10.9. The number of esters is 1. The summed E-state index contributed by atoms with van der Waals surface area (Å²) >= 11 is 0. The van der Waals surface area contributed by atoms with Gasteiger partial charge in [0, 0.05) is 6.08 Å². The highest BCUT2D eigenvalue weighted by Crippen LogP contribution is 2.14. The first-order valence-corrected chi connectivity index (χ1v) is 4.69. The Morgan fingerprint density at radius 1 is 1.57 bits per heavy atom. The number of hydrogen-bond acceptors (Lipinski definition) is 2. The first-order valence-electron chi connectivity index (χ1n) is 4.69. The molecule has 0 aliphatic rings. The van der Waals surface area contributed by atoms with Crippen LogP contribution >= 0.6 is 0 Å². The zero-order chi connectivity index (χ0) is 10.4. The molecule has 0 aliphatic carbocycles. The van der Waals surface area contributed by atoms with Gasteiger partial charge in [0.2, 0.25) is 0 Å². The third-order valence-electron chi connectivity index (χ3n) is 1.82. The lowest BCUT2D eigenvalue weighted by Crippen LogP contribution is -2.03. The van der Waals surface area contributed by atoms with Gasteiger partial charge in [-0.2, -0.15) is 0 Å². The first kappa shape index (κ1) is 10.5. The van der Waals surface area contributed by atoms with Gasteiger partial charge in [-0.05, 0) is 24.1 Å². The van der Waals surface area contributed by atoms with Gasteiger partial charge in [0.25, 0.3) is 0 Å². The summed E-state index contributed by atoms with van der Waals surface area (Å²) in [5.74, 6) is 0.166. The lowest BCUT2D eigenvalue weighted by atomic mass is 10.1. The molecule has 1 aromatic rings. The van der Waals surface area contributed by atoms with Crippen LogP contribution in [0.4, 0.5) is 0 Å². The van der Waals surface area contributed by atoms with Gasteiger partial charge >= 0.3 is 5.97 Å². The van der Waals surface area contributed by atoms with E-state index in [1.54, 1.807) is 6.07 Å². The highest BCUT2D eigenvalue weighted by atomic mass is 16.5. The highest BCUT2D eigenvalue weighted by molar-refractivity contribution is 5.83. The molecule has 0 atom stereocenters. The molecule has 14 heavy (non-hydrogen) atoms. The normalized spacial score (nSPS) is 9.50. The summed E-state index contributed by atoms with van der Waals surface area (Å²) in [5, 5.41) is 0. The van der Waals surface area contributed by atoms with Gasteiger partial charge in [-0.3, -0.25) is 0 Å². The van der Waals surface area contributed by atoms with Crippen LogP contribution in [0.25, 0.3) is 0 Å². The second-order valence-electron chi connectivity index (χ2n) is 3.02. The highest BCUT2D eigenvalue weighted by Gasteiger charge is 1.99. The third kappa shape index (κ3) is 3.05. The minimum Gasteiger partial charge on any atom is -0.423 e. The van der Waals surface area contributed by atoms with Crippen LogP contribution in [-0.2, 0) is 11.2 Å². The van der Waals surface area contributed by atoms with Crippen LogP contribution in [0.5, 0.6) is 5.75 Å². The summed E-state index contributed by atoms with van der Waals surface area (Å²) in [6.07, 6.45) is 3.24. The van der Waals surface area contributed by atoms with Crippen molar-refractivity contribution in [3.8, 4) is 5.75 Å². The van der Waals surface area contributed by atoms with E-state index in [1.165, 1.54) is 5.56 Å². The average Bonchev–Trinajstić information content (AvgIpc) is 2.19. The average molecular weight is 190 g/mol. The predicted octanol–water partition coefficient (Wildman–Crippen LogP) is 2.73. The number of benzene rings is 1. The molecular weight excluding hydrogens is 176 g/mol. The molecule has 0 aliphatic heterocycles. The van der Waals surface area contributed by atoms with Crippen LogP contribution in [0.2, 0.25) is 0 Å². The molecule has 2 nitrogen and oxygen atoms in total. The van der Waals surface area contributed by atoms with Gasteiger partial charge < -0.3 is 4.74 Å². The Labute approximate surface area is 84.2 Å². The van der Waals surface area contributed by atoms with E-state index in [4.69, 9.17) is 4.74 Å². The number of hydrogen-bond donors (Lipinski definition) is 0. The second kappa shape index (κ2) is 5.22. The molecule has 0 amide bonds. The molecule has 0 fully saturated rings. The van der Waals surface area contributed by atoms with Crippen LogP contribution in [0, 0.1) is 0 Å². The summed E-state index contributed by atoms with van der Waals surface area (Å²) < 4.78 is 4.99. The van der Waals surface area contributed by atoms with Gasteiger partial charge in [0.15, 0.2) is 0 Å². The molecule has 0 saturated heterocycles. The van der Waals surface area contributed by atoms with Crippen molar-refractivity contribution in [2.75, 3.05) is 0 Å². The summed E-state index contributed by atoms with van der Waals surface area (Å²) in [6.45, 7) is 5.45. The Hall–Kier alpha value is -1.57. The van der Waals surface area contributed by atoms with E-state index in [0.29, 0.717) is 5.75 Å². The number of rotatable bonds is 4. The van der Waals surface area contributed by atoms with Crippen molar-refractivity contribution in [3.63, 3.8) is 0 Å². The topological polar surface area (TPSA) is 26.3 Å². The molecule has 0 heterocycles. The lowest BCUT2D eigenvalue weighted by Gasteiger charge is -2.03. The monoisotopic (exact) mass is 190 g/mol. The van der Waals surface area contributed by atoms with Crippen molar-refractivity contribution >= 4 is 5.97 Å². The van der Waals surface area contributed by atoms with Gasteiger partial charge in [-0.15, -0.1) is 0 Å². The maximum Gasteiger partial charge on any atom is 0.335 e. The zero-order valence-corrected chi connectivity index (χ0v) is 8.32. The SMILES string of the molecule is C=CC(=O)Oc1cccc(CCC)c1. The standard InChI is InChI=1S/C12H14O2/c1-3-6-10-7-5-8-11(9-10)14-12(13)4-2/h4-5,7-9H,2-3,6H2,1H3. The van der Waals surface area contributed by atoms with Crippen molar-refractivity contribution in [1.29, 1.82) is 0 Å². The molecular formula is C12H14O2. The van der Waals surface area contributed by atoms with E-state index in [0.717, 1.165) is 18.9 Å². The van der Waals surface area contributed by atoms with Gasteiger partial charge in [-0.25, -0.2) is 4.79 Å². The largest absolute Gasteiger partial charge is 0.423 e. The van der Waals surface area contributed by atoms with Crippen LogP contribution in [-0.4, -0.2) is 5.97 Å².